The van der Waals surface area contributed by atoms with E-state index in [4.69, 9.17) is 9.47 Å². The Morgan fingerprint density at radius 3 is 2.24 bits per heavy atom. The topological polar surface area (TPSA) is 64.6 Å². The number of ether oxygens (including phenoxy) is 2. The van der Waals surface area contributed by atoms with Crippen molar-refractivity contribution in [3.05, 3.63) is 65.2 Å². The average molecular weight is 398 g/mol. The number of anilines is 1. The maximum Gasteiger partial charge on any atom is 0.338 e. The largest absolute Gasteiger partial charge is 0.449 e. The Hall–Kier alpha value is -2.66. The maximum absolute atomic E-state index is 12.5. The van der Waals surface area contributed by atoms with Crippen LogP contribution in [0.2, 0.25) is 0 Å². The van der Waals surface area contributed by atoms with E-state index < -0.39 is 12.1 Å². The van der Waals surface area contributed by atoms with Crippen LogP contribution in [0.1, 0.15) is 68.4 Å². The van der Waals surface area contributed by atoms with Crippen molar-refractivity contribution in [3.63, 3.8) is 0 Å². The van der Waals surface area contributed by atoms with Crippen LogP contribution in [0.15, 0.2) is 48.5 Å². The number of nitrogens with one attached hydrogen (secondary N) is 1. The first-order valence-corrected chi connectivity index (χ1v) is 10.1. The molecule has 1 N–H and O–H groups in total. The second-order valence-electron chi connectivity index (χ2n) is 7.49. The van der Waals surface area contributed by atoms with Crippen molar-refractivity contribution in [2.45, 2.75) is 65.8 Å². The third-order valence-corrected chi connectivity index (χ3v) is 4.79. The van der Waals surface area contributed by atoms with Gasteiger partial charge in [0.2, 0.25) is 0 Å². The number of benzene rings is 2. The molecule has 0 aromatic heterocycles. The van der Waals surface area contributed by atoms with Crippen LogP contribution in [0, 0.1) is 0 Å². The standard InChI is InChI=1S/C24H31NO4/c1-6-17(4)21-9-7-8-10-22(21)25-23(26)18(5)29-24(27)20-13-11-19(12-14-20)15-28-16(2)3/h7-14,16-18H,6,15H2,1-5H3,(H,25,26)/t17-,18+/m1/s1. The van der Waals surface area contributed by atoms with E-state index in [1.165, 1.54) is 0 Å². The fourth-order valence-corrected chi connectivity index (χ4v) is 2.78. The van der Waals surface area contributed by atoms with Gasteiger partial charge in [-0.25, -0.2) is 4.79 Å². The molecule has 1 amide bonds. The first kappa shape index (κ1) is 22.6. The highest BCUT2D eigenvalue weighted by Gasteiger charge is 2.20. The van der Waals surface area contributed by atoms with Gasteiger partial charge in [0.15, 0.2) is 6.10 Å². The minimum absolute atomic E-state index is 0.143. The highest BCUT2D eigenvalue weighted by atomic mass is 16.5. The summed E-state index contributed by atoms with van der Waals surface area (Å²) in [7, 11) is 0. The average Bonchev–Trinajstić information content (AvgIpc) is 2.72. The molecule has 0 aliphatic carbocycles. The number of hydrogen-bond donors (Lipinski definition) is 1. The molecule has 0 bridgehead atoms. The van der Waals surface area contributed by atoms with E-state index in [0.29, 0.717) is 18.1 Å². The summed E-state index contributed by atoms with van der Waals surface area (Å²) in [5.41, 5.74) is 3.20. The molecule has 2 atom stereocenters. The van der Waals surface area contributed by atoms with Crippen molar-refractivity contribution in [2.75, 3.05) is 5.32 Å². The zero-order chi connectivity index (χ0) is 21.4. The minimum Gasteiger partial charge on any atom is -0.449 e. The SMILES string of the molecule is CC[C@@H](C)c1ccccc1NC(=O)[C@H](C)OC(=O)c1ccc(COC(C)C)cc1. The lowest BCUT2D eigenvalue weighted by atomic mass is 9.97. The van der Waals surface area contributed by atoms with Crippen molar-refractivity contribution in [1.82, 2.24) is 0 Å². The molecule has 2 rings (SSSR count). The first-order chi connectivity index (χ1) is 13.8. The Balaban J connectivity index is 1.96. The molecule has 156 valence electrons. The number of amides is 1. The molecular formula is C24H31NO4. The molecule has 5 nitrogen and oxygen atoms in total. The zero-order valence-electron chi connectivity index (χ0n) is 17.9. The summed E-state index contributed by atoms with van der Waals surface area (Å²) >= 11 is 0. The number of rotatable bonds is 9. The number of para-hydroxylation sites is 1. The van der Waals surface area contributed by atoms with Gasteiger partial charge in [0.25, 0.3) is 5.91 Å². The number of carbonyl (C=O) groups excluding carboxylic acids is 2. The number of carbonyl (C=O) groups is 2. The summed E-state index contributed by atoms with van der Waals surface area (Å²) in [6.07, 6.45) is 0.205. The zero-order valence-corrected chi connectivity index (χ0v) is 17.9. The molecule has 0 radical (unpaired) electrons. The lowest BCUT2D eigenvalue weighted by Crippen LogP contribution is -2.30. The van der Waals surface area contributed by atoms with Crippen LogP contribution >= 0.6 is 0 Å². The van der Waals surface area contributed by atoms with Crippen molar-refractivity contribution in [1.29, 1.82) is 0 Å². The fourth-order valence-electron chi connectivity index (χ4n) is 2.78. The van der Waals surface area contributed by atoms with Crippen molar-refractivity contribution < 1.29 is 19.1 Å². The van der Waals surface area contributed by atoms with Crippen LogP contribution in [-0.4, -0.2) is 24.1 Å². The van der Waals surface area contributed by atoms with Gasteiger partial charge in [-0.05, 0) is 62.4 Å². The smallest absolute Gasteiger partial charge is 0.338 e. The molecule has 0 saturated carbocycles. The van der Waals surface area contributed by atoms with Gasteiger partial charge in [0.05, 0.1) is 18.3 Å². The normalized spacial score (nSPS) is 13.0. The lowest BCUT2D eigenvalue weighted by Gasteiger charge is -2.18. The van der Waals surface area contributed by atoms with Gasteiger partial charge in [0.1, 0.15) is 0 Å². The van der Waals surface area contributed by atoms with E-state index in [-0.39, 0.29) is 12.0 Å². The quantitative estimate of drug-likeness (QED) is 0.583. The summed E-state index contributed by atoms with van der Waals surface area (Å²) < 4.78 is 10.9. The Labute approximate surface area is 173 Å². The molecule has 2 aromatic carbocycles. The van der Waals surface area contributed by atoms with Crippen LogP contribution < -0.4 is 5.32 Å². The van der Waals surface area contributed by atoms with E-state index in [1.54, 1.807) is 19.1 Å². The Kier molecular flexibility index (Phi) is 8.40. The molecule has 0 unspecified atom stereocenters. The second kappa shape index (κ2) is 10.8. The fraction of sp³-hybridized carbons (Fsp3) is 0.417. The van der Waals surface area contributed by atoms with Crippen molar-refractivity contribution in [3.8, 4) is 0 Å². The summed E-state index contributed by atoms with van der Waals surface area (Å²) in [4.78, 5) is 24.9. The second-order valence-corrected chi connectivity index (χ2v) is 7.49. The molecule has 5 heteroatoms. The molecule has 0 aliphatic heterocycles. The third kappa shape index (κ3) is 6.71. The molecule has 0 heterocycles. The van der Waals surface area contributed by atoms with E-state index in [9.17, 15) is 9.59 Å². The van der Waals surface area contributed by atoms with Gasteiger partial charge in [-0.3, -0.25) is 4.79 Å². The summed E-state index contributed by atoms with van der Waals surface area (Å²) in [5, 5.41) is 2.89. The van der Waals surface area contributed by atoms with Crippen LogP contribution in [-0.2, 0) is 20.9 Å². The predicted octanol–water partition coefficient (Wildman–Crippen LogP) is 5.31. The van der Waals surface area contributed by atoms with Crippen LogP contribution in [0.3, 0.4) is 0 Å². The van der Waals surface area contributed by atoms with E-state index in [0.717, 1.165) is 23.2 Å². The van der Waals surface area contributed by atoms with Crippen molar-refractivity contribution >= 4 is 17.6 Å². The minimum atomic E-state index is -0.906. The van der Waals surface area contributed by atoms with Gasteiger partial charge in [-0.2, -0.15) is 0 Å². The monoisotopic (exact) mass is 397 g/mol. The molecule has 0 aliphatic rings. The third-order valence-electron chi connectivity index (χ3n) is 4.79. The summed E-state index contributed by atoms with van der Waals surface area (Å²) in [6, 6.07) is 14.7. The molecule has 29 heavy (non-hydrogen) atoms. The Morgan fingerprint density at radius 2 is 1.62 bits per heavy atom. The number of hydrogen-bond acceptors (Lipinski definition) is 4. The molecule has 0 saturated heterocycles. The van der Waals surface area contributed by atoms with Gasteiger partial charge in [-0.15, -0.1) is 0 Å². The highest BCUT2D eigenvalue weighted by molar-refractivity contribution is 5.97. The molecular weight excluding hydrogens is 366 g/mol. The highest BCUT2D eigenvalue weighted by Crippen LogP contribution is 2.26. The molecule has 0 spiro atoms. The molecule has 2 aromatic rings. The predicted molar refractivity (Wildman–Crippen MR) is 115 cm³/mol. The van der Waals surface area contributed by atoms with Crippen molar-refractivity contribution in [2.24, 2.45) is 0 Å². The maximum atomic E-state index is 12.5. The molecule has 0 fully saturated rings. The Bertz CT molecular complexity index is 814. The van der Waals surface area contributed by atoms with Crippen LogP contribution in [0.4, 0.5) is 5.69 Å². The van der Waals surface area contributed by atoms with Gasteiger partial charge < -0.3 is 14.8 Å². The van der Waals surface area contributed by atoms with Crippen LogP contribution in [0.25, 0.3) is 0 Å². The first-order valence-electron chi connectivity index (χ1n) is 10.1. The summed E-state index contributed by atoms with van der Waals surface area (Å²) in [6.45, 7) is 10.2. The van der Waals surface area contributed by atoms with Gasteiger partial charge in [0, 0.05) is 5.69 Å². The lowest BCUT2D eigenvalue weighted by molar-refractivity contribution is -0.123. The van der Waals surface area contributed by atoms with Crippen LogP contribution in [0.5, 0.6) is 0 Å². The Morgan fingerprint density at radius 1 is 0.966 bits per heavy atom. The van der Waals surface area contributed by atoms with E-state index in [2.05, 4.69) is 19.2 Å². The summed E-state index contributed by atoms with van der Waals surface area (Å²) in [5.74, 6) is -0.558. The van der Waals surface area contributed by atoms with E-state index >= 15 is 0 Å². The van der Waals surface area contributed by atoms with Gasteiger partial charge >= 0.3 is 5.97 Å². The number of esters is 1. The van der Waals surface area contributed by atoms with Gasteiger partial charge in [-0.1, -0.05) is 44.2 Å². The van der Waals surface area contributed by atoms with E-state index in [1.807, 2.05) is 50.2 Å².